The molecule has 1 aromatic carbocycles. The second-order valence-electron chi connectivity index (χ2n) is 7.22. The first kappa shape index (κ1) is 20.3. The zero-order valence-electron chi connectivity index (χ0n) is 15.5. The molecule has 3 aromatic rings. The lowest BCUT2D eigenvalue weighted by atomic mass is 9.92. The van der Waals surface area contributed by atoms with Crippen molar-refractivity contribution in [3.8, 4) is 0 Å². The van der Waals surface area contributed by atoms with E-state index in [9.17, 15) is 27.2 Å². The molecule has 0 fully saturated rings. The largest absolute Gasteiger partial charge is 0.447 e. The molecular weight excluding hydrogens is 394 g/mol. The topological polar surface area (TPSA) is 91.8 Å². The number of H-pyrrole nitrogens is 2. The van der Waals surface area contributed by atoms with E-state index in [1.165, 1.54) is 12.5 Å². The van der Waals surface area contributed by atoms with Crippen LogP contribution in [-0.2, 0) is 5.41 Å². The molecule has 0 aliphatic heterocycles. The molecule has 0 saturated heterocycles. The quantitative estimate of drug-likeness (QED) is 0.497. The van der Waals surface area contributed by atoms with Crippen molar-refractivity contribution >= 4 is 12.2 Å². The van der Waals surface area contributed by atoms with Gasteiger partial charge < -0.3 is 14.4 Å². The highest BCUT2D eigenvalue weighted by atomic mass is 19.2. The first-order chi connectivity index (χ1) is 13.5. The number of aromatic amines is 2. The Morgan fingerprint density at radius 1 is 0.931 bits per heavy atom. The third kappa shape index (κ3) is 3.91. The van der Waals surface area contributed by atoms with E-state index in [-0.39, 0.29) is 11.4 Å². The summed E-state index contributed by atoms with van der Waals surface area (Å²) < 4.78 is 59.6. The van der Waals surface area contributed by atoms with Gasteiger partial charge in [-0.1, -0.05) is 20.8 Å². The highest BCUT2D eigenvalue weighted by Gasteiger charge is 2.22. The second-order valence-corrected chi connectivity index (χ2v) is 7.22. The number of nitrogens with zero attached hydrogens (tertiary/aromatic N) is 1. The number of nitrogens with one attached hydrogen (secondary N) is 2. The number of hydrogen-bond donors (Lipinski definition) is 2. The average molecular weight is 409 g/mol. The fraction of sp³-hybridized carbons (Fsp3) is 0.211. The van der Waals surface area contributed by atoms with E-state index in [2.05, 4.69) is 15.0 Å². The van der Waals surface area contributed by atoms with Gasteiger partial charge in [-0.2, -0.15) is 0 Å². The predicted octanol–water partition coefficient (Wildman–Crippen LogP) is 1.56. The molecule has 152 valence electrons. The van der Waals surface area contributed by atoms with Crippen molar-refractivity contribution in [3.05, 3.63) is 84.2 Å². The first-order valence-electron chi connectivity index (χ1n) is 8.32. The molecule has 2 heterocycles. The molecule has 10 heteroatoms. The van der Waals surface area contributed by atoms with Crippen LogP contribution in [0.4, 0.5) is 17.6 Å². The van der Waals surface area contributed by atoms with E-state index >= 15 is 0 Å². The van der Waals surface area contributed by atoms with Crippen molar-refractivity contribution in [2.75, 3.05) is 0 Å². The van der Waals surface area contributed by atoms with Crippen LogP contribution in [0.2, 0.25) is 0 Å². The van der Waals surface area contributed by atoms with Crippen LogP contribution in [0.3, 0.4) is 0 Å². The normalized spacial score (nSPS) is 13.3. The number of benzene rings is 1. The summed E-state index contributed by atoms with van der Waals surface area (Å²) in [6.45, 7) is 5.57. The van der Waals surface area contributed by atoms with Crippen LogP contribution in [0.5, 0.6) is 0 Å². The lowest BCUT2D eigenvalue weighted by Crippen LogP contribution is -2.47. The summed E-state index contributed by atoms with van der Waals surface area (Å²) in [5.74, 6) is -6.21. The summed E-state index contributed by atoms with van der Waals surface area (Å²) in [5.41, 5.74) is -3.03. The first-order valence-corrected chi connectivity index (χ1v) is 8.32. The van der Waals surface area contributed by atoms with Gasteiger partial charge in [0.25, 0.3) is 11.1 Å². The van der Waals surface area contributed by atoms with E-state index in [0.717, 1.165) is 0 Å². The molecule has 0 aliphatic rings. The van der Waals surface area contributed by atoms with Gasteiger partial charge in [0, 0.05) is 11.5 Å². The van der Waals surface area contributed by atoms with Crippen LogP contribution in [0.15, 0.2) is 26.5 Å². The number of oxazole rings is 1. The van der Waals surface area contributed by atoms with Crippen LogP contribution >= 0.6 is 0 Å². The molecule has 2 aromatic heterocycles. The molecule has 0 bridgehead atoms. The minimum absolute atomic E-state index is 0.0394. The van der Waals surface area contributed by atoms with Crippen LogP contribution in [0, 0.1) is 23.3 Å². The van der Waals surface area contributed by atoms with Crippen LogP contribution in [0.25, 0.3) is 12.2 Å². The summed E-state index contributed by atoms with van der Waals surface area (Å²) in [7, 11) is 0. The van der Waals surface area contributed by atoms with E-state index in [0.29, 0.717) is 17.5 Å². The Bertz CT molecular complexity index is 1300. The molecule has 0 amide bonds. The van der Waals surface area contributed by atoms with E-state index in [4.69, 9.17) is 4.42 Å². The number of rotatable bonds is 2. The summed E-state index contributed by atoms with van der Waals surface area (Å²) in [6, 6.07) is 0.0394. The summed E-state index contributed by atoms with van der Waals surface area (Å²) in [5, 5.41) is -0.788. The van der Waals surface area contributed by atoms with Gasteiger partial charge in [-0.05, 0) is 12.2 Å². The monoisotopic (exact) mass is 409 g/mol. The minimum Gasteiger partial charge on any atom is -0.447 e. The molecule has 0 spiro atoms. The summed E-state index contributed by atoms with van der Waals surface area (Å²) in [6.07, 6.45) is 2.97. The molecule has 0 aliphatic carbocycles. The number of hydrogen-bond acceptors (Lipinski definition) is 4. The Kier molecular flexibility index (Phi) is 5.04. The highest BCUT2D eigenvalue weighted by Crippen LogP contribution is 2.25. The Labute approximate surface area is 160 Å². The maximum absolute atomic E-state index is 13.8. The van der Waals surface area contributed by atoms with Gasteiger partial charge >= 0.3 is 0 Å². The summed E-state index contributed by atoms with van der Waals surface area (Å²) in [4.78, 5) is 32.9. The van der Waals surface area contributed by atoms with Gasteiger partial charge in [-0.25, -0.2) is 22.5 Å². The fourth-order valence-electron chi connectivity index (χ4n) is 2.61. The molecule has 0 unspecified atom stereocenters. The number of aromatic nitrogens is 3. The van der Waals surface area contributed by atoms with Gasteiger partial charge in [-0.3, -0.25) is 9.59 Å². The molecule has 0 atom stereocenters. The Morgan fingerprint density at radius 2 is 1.45 bits per heavy atom. The highest BCUT2D eigenvalue weighted by molar-refractivity contribution is 5.50. The van der Waals surface area contributed by atoms with Crippen LogP contribution < -0.4 is 21.8 Å². The molecule has 0 radical (unpaired) electrons. The van der Waals surface area contributed by atoms with Crippen molar-refractivity contribution < 1.29 is 22.0 Å². The molecule has 0 saturated carbocycles. The fourth-order valence-corrected chi connectivity index (χ4v) is 2.61. The lowest BCUT2D eigenvalue weighted by molar-refractivity contribution is 0.407. The van der Waals surface area contributed by atoms with Crippen molar-refractivity contribution in [1.29, 1.82) is 0 Å². The van der Waals surface area contributed by atoms with Crippen molar-refractivity contribution in [1.82, 2.24) is 15.0 Å². The Balaban J connectivity index is 2.22. The SMILES string of the molecule is CC(C)(C)c1ocnc1C=c1[nH]c(=O)c(=Cc2c(F)c(F)cc(F)c2F)[nH]c1=O. The van der Waals surface area contributed by atoms with E-state index in [1.54, 1.807) is 0 Å². The van der Waals surface area contributed by atoms with Crippen LogP contribution in [-0.4, -0.2) is 15.0 Å². The van der Waals surface area contributed by atoms with Crippen molar-refractivity contribution in [2.45, 2.75) is 26.2 Å². The van der Waals surface area contributed by atoms with Gasteiger partial charge in [0.05, 0.1) is 5.56 Å². The maximum Gasteiger partial charge on any atom is 0.272 e. The molecule has 29 heavy (non-hydrogen) atoms. The molecular formula is C19H15F4N3O3. The van der Waals surface area contributed by atoms with Gasteiger partial charge in [0.2, 0.25) is 0 Å². The standard InChI is InChI=1S/C19H15F4N3O3/c1-19(2,3)16-11(24-7-29-16)6-13-18(28)25-12(17(27)26-13)4-8-14(22)9(20)5-10(21)15(8)23/h4-7H,1-3H3,(H,25,28)(H,26,27). The molecule has 2 N–H and O–H groups in total. The lowest BCUT2D eigenvalue weighted by Gasteiger charge is -2.14. The van der Waals surface area contributed by atoms with Crippen LogP contribution in [0.1, 0.15) is 37.8 Å². The van der Waals surface area contributed by atoms with Crippen molar-refractivity contribution in [2.24, 2.45) is 0 Å². The predicted molar refractivity (Wildman–Crippen MR) is 95.5 cm³/mol. The third-order valence-electron chi connectivity index (χ3n) is 3.98. The maximum atomic E-state index is 13.8. The smallest absolute Gasteiger partial charge is 0.272 e. The van der Waals surface area contributed by atoms with Gasteiger partial charge in [-0.15, -0.1) is 0 Å². The summed E-state index contributed by atoms with van der Waals surface area (Å²) >= 11 is 0. The Morgan fingerprint density at radius 3 is 1.97 bits per heavy atom. The van der Waals surface area contributed by atoms with Gasteiger partial charge in [0.15, 0.2) is 29.7 Å². The molecule has 6 nitrogen and oxygen atoms in total. The van der Waals surface area contributed by atoms with E-state index in [1.807, 2.05) is 20.8 Å². The van der Waals surface area contributed by atoms with Gasteiger partial charge in [0.1, 0.15) is 22.2 Å². The molecule has 3 rings (SSSR count). The zero-order chi connectivity index (χ0) is 21.5. The Hall–Kier alpha value is -3.43. The number of halogens is 4. The second kappa shape index (κ2) is 7.19. The van der Waals surface area contributed by atoms with Crippen molar-refractivity contribution in [3.63, 3.8) is 0 Å². The minimum atomic E-state index is -1.70. The zero-order valence-corrected chi connectivity index (χ0v) is 15.5. The average Bonchev–Trinajstić information content (AvgIpc) is 3.09. The third-order valence-corrected chi connectivity index (χ3v) is 3.98. The van der Waals surface area contributed by atoms with E-state index < -0.39 is 50.7 Å².